The van der Waals surface area contributed by atoms with Gasteiger partial charge in [-0.2, -0.15) is 0 Å². The van der Waals surface area contributed by atoms with E-state index in [-0.39, 0.29) is 17.9 Å². The summed E-state index contributed by atoms with van der Waals surface area (Å²) < 4.78 is 0. The van der Waals surface area contributed by atoms with E-state index < -0.39 is 0 Å². The lowest BCUT2D eigenvalue weighted by Gasteiger charge is -2.40. The number of piperazine rings is 1. The van der Waals surface area contributed by atoms with Crippen molar-refractivity contribution in [3.63, 3.8) is 0 Å². The highest BCUT2D eigenvalue weighted by Crippen LogP contribution is 2.26. The molecule has 0 saturated carbocycles. The fourth-order valence-corrected chi connectivity index (χ4v) is 3.65. The zero-order valence-corrected chi connectivity index (χ0v) is 17.4. The number of amides is 2. The molecule has 1 fully saturated rings. The predicted molar refractivity (Wildman–Crippen MR) is 109 cm³/mol. The Morgan fingerprint density at radius 3 is 1.81 bits per heavy atom. The Balaban J connectivity index is 1.71. The fourth-order valence-electron chi connectivity index (χ4n) is 3.05. The minimum Gasteiger partial charge on any atom is -0.335 e. The van der Waals surface area contributed by atoms with Gasteiger partial charge in [0.05, 0.1) is 20.1 Å². The summed E-state index contributed by atoms with van der Waals surface area (Å²) in [5, 5.41) is 1.48. The second kappa shape index (κ2) is 8.27. The van der Waals surface area contributed by atoms with E-state index in [0.717, 1.165) is 0 Å². The average molecular weight is 446 g/mol. The van der Waals surface area contributed by atoms with Crippen molar-refractivity contribution in [1.29, 1.82) is 0 Å². The quantitative estimate of drug-likeness (QED) is 0.630. The molecular weight excluding hydrogens is 430 g/mol. The van der Waals surface area contributed by atoms with Crippen LogP contribution in [-0.4, -0.2) is 47.3 Å². The van der Waals surface area contributed by atoms with Gasteiger partial charge in [-0.05, 0) is 43.3 Å². The van der Waals surface area contributed by atoms with Crippen LogP contribution in [0.25, 0.3) is 0 Å². The Morgan fingerprint density at radius 1 is 0.815 bits per heavy atom. The molecule has 2 aromatic carbocycles. The first-order valence-electron chi connectivity index (χ1n) is 8.28. The topological polar surface area (TPSA) is 40.6 Å². The molecule has 4 nitrogen and oxygen atoms in total. The summed E-state index contributed by atoms with van der Waals surface area (Å²) in [7, 11) is 0. The Hall–Kier alpha value is -1.46. The number of rotatable bonds is 2. The number of carbonyl (C=O) groups excluding carboxylic acids is 2. The SMILES string of the molecule is C[C@H]1CN(C(=O)c2ccc(Cl)c(Cl)c2)CCN1C(=O)c1ccc(Cl)c(Cl)c1. The molecule has 1 aliphatic heterocycles. The summed E-state index contributed by atoms with van der Waals surface area (Å²) in [5.74, 6) is -0.273. The minimum atomic E-state index is -0.146. The lowest BCUT2D eigenvalue weighted by atomic mass is 10.1. The van der Waals surface area contributed by atoms with Gasteiger partial charge in [-0.15, -0.1) is 0 Å². The summed E-state index contributed by atoms with van der Waals surface area (Å²) >= 11 is 23.8. The lowest BCUT2D eigenvalue weighted by Crippen LogP contribution is -2.55. The highest BCUT2D eigenvalue weighted by molar-refractivity contribution is 6.42. The van der Waals surface area contributed by atoms with Gasteiger partial charge < -0.3 is 9.80 Å². The van der Waals surface area contributed by atoms with Gasteiger partial charge in [0.15, 0.2) is 0 Å². The molecule has 0 N–H and O–H groups in total. The number of benzene rings is 2. The van der Waals surface area contributed by atoms with E-state index in [1.165, 1.54) is 0 Å². The predicted octanol–water partition coefficient (Wildman–Crippen LogP) is 5.29. The van der Waals surface area contributed by atoms with Crippen LogP contribution in [0.15, 0.2) is 36.4 Å². The van der Waals surface area contributed by atoms with Crippen LogP contribution in [0, 0.1) is 0 Å². The maximum absolute atomic E-state index is 12.8. The molecule has 0 spiro atoms. The van der Waals surface area contributed by atoms with Crippen molar-refractivity contribution in [2.45, 2.75) is 13.0 Å². The van der Waals surface area contributed by atoms with Crippen LogP contribution in [0.1, 0.15) is 27.6 Å². The zero-order valence-electron chi connectivity index (χ0n) is 14.4. The second-order valence-electron chi connectivity index (χ2n) is 6.36. The van der Waals surface area contributed by atoms with E-state index in [0.29, 0.717) is 50.9 Å². The first-order chi connectivity index (χ1) is 12.8. The van der Waals surface area contributed by atoms with Crippen molar-refractivity contribution < 1.29 is 9.59 Å². The fraction of sp³-hybridized carbons (Fsp3) is 0.263. The number of carbonyl (C=O) groups is 2. The molecule has 1 heterocycles. The Kier molecular flexibility index (Phi) is 6.21. The third kappa shape index (κ3) is 4.35. The van der Waals surface area contributed by atoms with Gasteiger partial charge in [0.1, 0.15) is 0 Å². The molecule has 142 valence electrons. The number of halogens is 4. The third-order valence-corrected chi connectivity index (χ3v) is 5.99. The van der Waals surface area contributed by atoms with Gasteiger partial charge in [-0.25, -0.2) is 0 Å². The summed E-state index contributed by atoms with van der Waals surface area (Å²) in [6, 6.07) is 9.48. The molecule has 2 aromatic rings. The average Bonchev–Trinajstić information content (AvgIpc) is 2.65. The van der Waals surface area contributed by atoms with Gasteiger partial charge in [-0.1, -0.05) is 46.4 Å². The summed E-state index contributed by atoms with van der Waals surface area (Å²) in [6.07, 6.45) is 0. The molecule has 1 saturated heterocycles. The van der Waals surface area contributed by atoms with Crippen LogP contribution in [0.3, 0.4) is 0 Å². The molecule has 2 amide bonds. The highest BCUT2D eigenvalue weighted by Gasteiger charge is 2.31. The van der Waals surface area contributed by atoms with Crippen molar-refractivity contribution in [2.24, 2.45) is 0 Å². The van der Waals surface area contributed by atoms with Crippen LogP contribution >= 0.6 is 46.4 Å². The molecular formula is C19H16Cl4N2O2. The van der Waals surface area contributed by atoms with Crippen molar-refractivity contribution >= 4 is 58.2 Å². The maximum atomic E-state index is 12.8. The van der Waals surface area contributed by atoms with E-state index in [4.69, 9.17) is 46.4 Å². The number of nitrogens with zero attached hydrogens (tertiary/aromatic N) is 2. The van der Waals surface area contributed by atoms with Gasteiger partial charge in [-0.3, -0.25) is 9.59 Å². The lowest BCUT2D eigenvalue weighted by molar-refractivity contribution is 0.0414. The summed E-state index contributed by atoms with van der Waals surface area (Å²) in [6.45, 7) is 3.18. The molecule has 0 bridgehead atoms. The molecule has 0 aliphatic carbocycles. The Labute approximate surface area is 177 Å². The highest BCUT2D eigenvalue weighted by atomic mass is 35.5. The minimum absolute atomic E-state index is 0.136. The first kappa shape index (κ1) is 20.3. The van der Waals surface area contributed by atoms with Gasteiger partial charge >= 0.3 is 0 Å². The summed E-state index contributed by atoms with van der Waals surface area (Å²) in [5.41, 5.74) is 0.946. The molecule has 1 atom stereocenters. The molecule has 1 aliphatic rings. The van der Waals surface area contributed by atoms with Crippen LogP contribution in [0.2, 0.25) is 20.1 Å². The van der Waals surface area contributed by atoms with E-state index in [1.54, 1.807) is 46.2 Å². The third-order valence-electron chi connectivity index (χ3n) is 4.51. The standard InChI is InChI=1S/C19H16Cl4N2O2/c1-11-10-24(18(26)12-2-4-14(20)16(22)8-12)6-7-25(11)19(27)13-3-5-15(21)17(23)9-13/h2-5,8-9,11H,6-7,10H2,1H3/t11-/m0/s1. The van der Waals surface area contributed by atoms with Crippen LogP contribution in [0.4, 0.5) is 0 Å². The van der Waals surface area contributed by atoms with Gasteiger partial charge in [0.25, 0.3) is 11.8 Å². The normalized spacial score (nSPS) is 17.1. The van der Waals surface area contributed by atoms with Crippen LogP contribution < -0.4 is 0 Å². The second-order valence-corrected chi connectivity index (χ2v) is 7.99. The first-order valence-corrected chi connectivity index (χ1v) is 9.79. The largest absolute Gasteiger partial charge is 0.335 e. The monoisotopic (exact) mass is 444 g/mol. The smallest absolute Gasteiger partial charge is 0.254 e. The Morgan fingerprint density at radius 2 is 1.33 bits per heavy atom. The van der Waals surface area contributed by atoms with E-state index >= 15 is 0 Å². The summed E-state index contributed by atoms with van der Waals surface area (Å²) in [4.78, 5) is 29.0. The van der Waals surface area contributed by atoms with Crippen molar-refractivity contribution in [1.82, 2.24) is 9.80 Å². The molecule has 0 unspecified atom stereocenters. The molecule has 8 heteroatoms. The van der Waals surface area contributed by atoms with E-state index in [9.17, 15) is 9.59 Å². The van der Waals surface area contributed by atoms with Crippen molar-refractivity contribution in [2.75, 3.05) is 19.6 Å². The van der Waals surface area contributed by atoms with Crippen LogP contribution in [0.5, 0.6) is 0 Å². The number of hydrogen-bond acceptors (Lipinski definition) is 2. The maximum Gasteiger partial charge on any atom is 0.254 e. The van der Waals surface area contributed by atoms with Crippen molar-refractivity contribution in [3.8, 4) is 0 Å². The molecule has 0 radical (unpaired) electrons. The molecule has 3 rings (SSSR count). The van der Waals surface area contributed by atoms with Crippen molar-refractivity contribution in [3.05, 3.63) is 67.6 Å². The van der Waals surface area contributed by atoms with Crippen LogP contribution in [-0.2, 0) is 0 Å². The van der Waals surface area contributed by atoms with Gasteiger partial charge in [0, 0.05) is 36.8 Å². The van der Waals surface area contributed by atoms with E-state index in [1.807, 2.05) is 6.92 Å². The number of hydrogen-bond donors (Lipinski definition) is 0. The van der Waals surface area contributed by atoms with Gasteiger partial charge in [0.2, 0.25) is 0 Å². The zero-order chi connectivity index (χ0) is 19.7. The van der Waals surface area contributed by atoms with E-state index in [2.05, 4.69) is 0 Å². The molecule has 0 aromatic heterocycles. The Bertz CT molecular complexity index is 903. The molecule has 27 heavy (non-hydrogen) atoms.